The van der Waals surface area contributed by atoms with Gasteiger partial charge >= 0.3 is 0 Å². The van der Waals surface area contributed by atoms with Gasteiger partial charge in [-0.15, -0.1) is 0 Å². The first-order valence-corrected chi connectivity index (χ1v) is 11.9. The van der Waals surface area contributed by atoms with Crippen LogP contribution in [0, 0.1) is 0 Å². The molecule has 0 saturated heterocycles. The highest BCUT2D eigenvalue weighted by Crippen LogP contribution is 2.11. The molecule has 0 aliphatic heterocycles. The van der Waals surface area contributed by atoms with Crippen LogP contribution in [0.1, 0.15) is 37.3 Å². The highest BCUT2D eigenvalue weighted by molar-refractivity contribution is 5.93. The number of aromatic hydroxyl groups is 1. The van der Waals surface area contributed by atoms with Crippen LogP contribution in [-0.2, 0) is 32.0 Å². The third-order valence-corrected chi connectivity index (χ3v) is 5.59. The van der Waals surface area contributed by atoms with E-state index < -0.39 is 41.8 Å². The molecule has 10 nitrogen and oxygen atoms in total. The van der Waals surface area contributed by atoms with E-state index in [2.05, 4.69) is 16.0 Å². The summed E-state index contributed by atoms with van der Waals surface area (Å²) in [5.74, 6) is -2.18. The van der Waals surface area contributed by atoms with E-state index in [9.17, 15) is 24.3 Å². The van der Waals surface area contributed by atoms with Gasteiger partial charge in [0, 0.05) is 6.42 Å². The van der Waals surface area contributed by atoms with Crippen LogP contribution in [-0.4, -0.2) is 53.4 Å². The molecule has 194 valence electrons. The van der Waals surface area contributed by atoms with E-state index in [0.717, 1.165) is 17.5 Å². The minimum Gasteiger partial charge on any atom is -0.508 e. The molecule has 0 spiro atoms. The lowest BCUT2D eigenvalue weighted by atomic mass is 10.0. The standard InChI is InChI=1S/C26H35N5O5/c1-2-3-9-21(31-25(35)20(27)14-18-10-12-19(32)13-11-18)26(36)29-16-23(33)30-22(24(28)34)15-17-7-5-4-6-8-17/h4-8,10-13,20-22,32H,2-3,9,14-16,27H2,1H3,(H2,28,34)(H,29,36)(H,30,33)(H,31,35)/t20-,21+,22-/m0/s1. The van der Waals surface area contributed by atoms with Crippen molar-refractivity contribution in [3.8, 4) is 5.75 Å². The first-order valence-electron chi connectivity index (χ1n) is 11.9. The summed E-state index contributed by atoms with van der Waals surface area (Å²) in [7, 11) is 0. The van der Waals surface area contributed by atoms with Gasteiger partial charge in [0.1, 0.15) is 17.8 Å². The van der Waals surface area contributed by atoms with E-state index in [4.69, 9.17) is 11.5 Å². The number of hydrogen-bond donors (Lipinski definition) is 6. The highest BCUT2D eigenvalue weighted by atomic mass is 16.3. The van der Waals surface area contributed by atoms with E-state index >= 15 is 0 Å². The summed E-state index contributed by atoms with van der Waals surface area (Å²) in [6.07, 6.45) is 2.31. The average molecular weight is 498 g/mol. The average Bonchev–Trinajstić information content (AvgIpc) is 2.86. The Kier molecular flexibility index (Phi) is 11.4. The van der Waals surface area contributed by atoms with Crippen molar-refractivity contribution in [3.63, 3.8) is 0 Å². The number of carbonyl (C=O) groups is 4. The Bertz CT molecular complexity index is 1010. The van der Waals surface area contributed by atoms with Gasteiger partial charge in [-0.1, -0.05) is 62.2 Å². The minimum atomic E-state index is -0.926. The molecule has 36 heavy (non-hydrogen) atoms. The van der Waals surface area contributed by atoms with Gasteiger partial charge in [0.2, 0.25) is 23.6 Å². The number of phenols is 1. The topological polar surface area (TPSA) is 177 Å². The maximum atomic E-state index is 12.8. The largest absolute Gasteiger partial charge is 0.508 e. The number of carbonyl (C=O) groups excluding carboxylic acids is 4. The Balaban J connectivity index is 1.90. The zero-order valence-electron chi connectivity index (χ0n) is 20.4. The van der Waals surface area contributed by atoms with Crippen molar-refractivity contribution in [1.82, 2.24) is 16.0 Å². The zero-order valence-corrected chi connectivity index (χ0v) is 20.4. The number of unbranched alkanes of at least 4 members (excludes halogenated alkanes) is 1. The Hall–Kier alpha value is -3.92. The number of nitrogens with one attached hydrogen (secondary N) is 3. The molecular formula is C26H35N5O5. The van der Waals surface area contributed by atoms with E-state index in [-0.39, 0.29) is 25.1 Å². The highest BCUT2D eigenvalue weighted by Gasteiger charge is 2.25. The molecule has 0 aliphatic rings. The van der Waals surface area contributed by atoms with Gasteiger partial charge in [-0.25, -0.2) is 0 Å². The second kappa shape index (κ2) is 14.5. The van der Waals surface area contributed by atoms with Gasteiger partial charge in [0.15, 0.2) is 0 Å². The lowest BCUT2D eigenvalue weighted by Crippen LogP contribution is -2.54. The molecule has 0 radical (unpaired) electrons. The minimum absolute atomic E-state index is 0.110. The van der Waals surface area contributed by atoms with Crippen molar-refractivity contribution in [2.24, 2.45) is 11.5 Å². The fourth-order valence-electron chi connectivity index (χ4n) is 3.54. The van der Waals surface area contributed by atoms with Crippen LogP contribution in [0.2, 0.25) is 0 Å². The summed E-state index contributed by atoms with van der Waals surface area (Å²) in [6.45, 7) is 1.58. The van der Waals surface area contributed by atoms with Crippen LogP contribution < -0.4 is 27.4 Å². The summed E-state index contributed by atoms with van der Waals surface area (Å²) in [5.41, 5.74) is 13.0. The van der Waals surface area contributed by atoms with Crippen LogP contribution in [0.4, 0.5) is 0 Å². The van der Waals surface area contributed by atoms with E-state index in [1.807, 2.05) is 37.3 Å². The molecule has 0 heterocycles. The van der Waals surface area contributed by atoms with Crippen molar-refractivity contribution in [1.29, 1.82) is 0 Å². The van der Waals surface area contributed by atoms with Gasteiger partial charge in [-0.05, 0) is 36.1 Å². The smallest absolute Gasteiger partial charge is 0.243 e. The molecule has 0 saturated carbocycles. The van der Waals surface area contributed by atoms with Crippen molar-refractivity contribution in [2.45, 2.75) is 57.2 Å². The Morgan fingerprint density at radius 3 is 2.11 bits per heavy atom. The number of hydrogen-bond acceptors (Lipinski definition) is 6. The Labute approximate surface area is 210 Å². The van der Waals surface area contributed by atoms with Crippen LogP contribution in [0.3, 0.4) is 0 Å². The number of phenolic OH excluding ortho intramolecular Hbond substituents is 1. The molecule has 8 N–H and O–H groups in total. The molecule has 0 aromatic heterocycles. The van der Waals surface area contributed by atoms with Crippen molar-refractivity contribution in [2.75, 3.05) is 6.54 Å². The molecule has 0 unspecified atom stereocenters. The Morgan fingerprint density at radius 2 is 1.50 bits per heavy atom. The SMILES string of the molecule is CCCC[C@@H](NC(=O)[C@@H](N)Cc1ccc(O)cc1)C(=O)NCC(=O)N[C@@H](Cc1ccccc1)C(N)=O. The van der Waals surface area contributed by atoms with Crippen LogP contribution >= 0.6 is 0 Å². The normalized spacial score (nSPS) is 13.2. The second-order valence-corrected chi connectivity index (χ2v) is 8.61. The molecule has 0 bridgehead atoms. The lowest BCUT2D eigenvalue weighted by molar-refractivity contribution is -0.131. The first-order chi connectivity index (χ1) is 17.2. The first kappa shape index (κ1) is 28.3. The summed E-state index contributed by atoms with van der Waals surface area (Å²) in [4.78, 5) is 49.6. The predicted molar refractivity (Wildman–Crippen MR) is 136 cm³/mol. The van der Waals surface area contributed by atoms with Gasteiger partial charge in [-0.2, -0.15) is 0 Å². The zero-order chi connectivity index (χ0) is 26.5. The monoisotopic (exact) mass is 497 g/mol. The van der Waals surface area contributed by atoms with Gasteiger partial charge in [-0.3, -0.25) is 19.2 Å². The molecule has 2 rings (SSSR count). The summed E-state index contributed by atoms with van der Waals surface area (Å²) < 4.78 is 0. The predicted octanol–water partition coefficient (Wildman–Crippen LogP) is 0.266. The number of nitrogens with two attached hydrogens (primary N) is 2. The van der Waals surface area contributed by atoms with Gasteiger partial charge in [0.05, 0.1) is 12.6 Å². The number of amides is 4. The molecule has 4 amide bonds. The summed E-state index contributed by atoms with van der Waals surface area (Å²) in [6, 6.07) is 12.8. The maximum Gasteiger partial charge on any atom is 0.243 e. The molecule has 0 aliphatic carbocycles. The number of rotatable bonds is 14. The molecule has 2 aromatic carbocycles. The third kappa shape index (κ3) is 9.75. The van der Waals surface area contributed by atoms with Crippen molar-refractivity contribution in [3.05, 3.63) is 65.7 Å². The van der Waals surface area contributed by atoms with Crippen LogP contribution in [0.15, 0.2) is 54.6 Å². The molecule has 0 fully saturated rings. The fraction of sp³-hybridized carbons (Fsp3) is 0.385. The van der Waals surface area contributed by atoms with E-state index in [1.165, 1.54) is 12.1 Å². The summed E-state index contributed by atoms with van der Waals surface area (Å²) >= 11 is 0. The second-order valence-electron chi connectivity index (χ2n) is 8.61. The van der Waals surface area contributed by atoms with E-state index in [1.54, 1.807) is 12.1 Å². The third-order valence-electron chi connectivity index (χ3n) is 5.59. The van der Waals surface area contributed by atoms with Crippen molar-refractivity contribution >= 4 is 23.6 Å². The fourth-order valence-corrected chi connectivity index (χ4v) is 3.54. The number of primary amides is 1. The van der Waals surface area contributed by atoms with Gasteiger partial charge < -0.3 is 32.5 Å². The quantitative estimate of drug-likeness (QED) is 0.218. The maximum absolute atomic E-state index is 12.8. The Morgan fingerprint density at radius 1 is 0.861 bits per heavy atom. The van der Waals surface area contributed by atoms with Crippen LogP contribution in [0.25, 0.3) is 0 Å². The lowest BCUT2D eigenvalue weighted by Gasteiger charge is -2.21. The molecular weight excluding hydrogens is 462 g/mol. The number of benzene rings is 2. The molecule has 2 aromatic rings. The summed E-state index contributed by atoms with van der Waals surface area (Å²) in [5, 5.41) is 17.1. The van der Waals surface area contributed by atoms with Crippen molar-refractivity contribution < 1.29 is 24.3 Å². The van der Waals surface area contributed by atoms with Crippen LogP contribution in [0.5, 0.6) is 5.75 Å². The molecule has 3 atom stereocenters. The van der Waals surface area contributed by atoms with Gasteiger partial charge in [0.25, 0.3) is 0 Å². The van der Waals surface area contributed by atoms with E-state index in [0.29, 0.717) is 12.8 Å². The molecule has 10 heteroatoms.